The van der Waals surface area contributed by atoms with Gasteiger partial charge in [0.1, 0.15) is 0 Å². The molecule has 33 heavy (non-hydrogen) atoms. The smallest absolute Gasteiger partial charge is 0.418 e. The maximum Gasteiger partial charge on any atom is 0.418 e. The zero-order valence-corrected chi connectivity index (χ0v) is 18.2. The SMILES string of the molecule is O=C(CCc1ncc(-c2ccccc2Cl)o1)Nc1ccc(N2CCOCC2)cc1C(F)(F)F. The molecule has 1 aliphatic rings. The third kappa shape index (κ3) is 5.66. The molecule has 4 rings (SSSR count). The van der Waals surface area contributed by atoms with Crippen LogP contribution in [0.25, 0.3) is 11.3 Å². The second-order valence-electron chi connectivity index (χ2n) is 7.47. The molecule has 2 heterocycles. The van der Waals surface area contributed by atoms with Gasteiger partial charge in [-0.05, 0) is 30.3 Å². The van der Waals surface area contributed by atoms with E-state index in [4.69, 9.17) is 20.8 Å². The summed E-state index contributed by atoms with van der Waals surface area (Å²) < 4.78 is 51.9. The summed E-state index contributed by atoms with van der Waals surface area (Å²) in [7, 11) is 0. The van der Waals surface area contributed by atoms with Gasteiger partial charge >= 0.3 is 6.18 Å². The average molecular weight is 480 g/mol. The maximum absolute atomic E-state index is 13.7. The Morgan fingerprint density at radius 2 is 1.91 bits per heavy atom. The molecule has 1 aliphatic heterocycles. The van der Waals surface area contributed by atoms with Gasteiger partial charge in [-0.1, -0.05) is 23.7 Å². The van der Waals surface area contributed by atoms with E-state index in [1.54, 1.807) is 30.3 Å². The lowest BCUT2D eigenvalue weighted by molar-refractivity contribution is -0.136. The normalized spacial score (nSPS) is 14.4. The van der Waals surface area contributed by atoms with Crippen molar-refractivity contribution in [1.29, 1.82) is 0 Å². The van der Waals surface area contributed by atoms with E-state index < -0.39 is 17.6 Å². The number of carbonyl (C=O) groups is 1. The number of aryl methyl sites for hydroxylation is 1. The van der Waals surface area contributed by atoms with Gasteiger partial charge in [-0.15, -0.1) is 0 Å². The van der Waals surface area contributed by atoms with E-state index in [1.165, 1.54) is 12.3 Å². The van der Waals surface area contributed by atoms with Crippen LogP contribution in [-0.2, 0) is 22.1 Å². The number of halogens is 4. The largest absolute Gasteiger partial charge is 0.441 e. The van der Waals surface area contributed by atoms with Gasteiger partial charge in [-0.3, -0.25) is 4.79 Å². The molecular weight excluding hydrogens is 459 g/mol. The number of amides is 1. The molecule has 1 amide bonds. The fourth-order valence-electron chi connectivity index (χ4n) is 3.54. The summed E-state index contributed by atoms with van der Waals surface area (Å²) >= 11 is 6.15. The van der Waals surface area contributed by atoms with Gasteiger partial charge in [0.05, 0.1) is 35.7 Å². The van der Waals surface area contributed by atoms with Crippen molar-refractivity contribution in [3.05, 3.63) is 65.1 Å². The molecular formula is C23H21ClF3N3O3. The first-order chi connectivity index (χ1) is 15.8. The molecule has 1 fully saturated rings. The van der Waals surface area contributed by atoms with Crippen molar-refractivity contribution in [3.8, 4) is 11.3 Å². The summed E-state index contributed by atoms with van der Waals surface area (Å²) in [5.74, 6) is 0.171. The zero-order valence-electron chi connectivity index (χ0n) is 17.5. The van der Waals surface area contributed by atoms with Gasteiger partial charge in [-0.25, -0.2) is 4.98 Å². The number of hydrogen-bond acceptors (Lipinski definition) is 5. The Hall–Kier alpha value is -3.04. The molecule has 0 unspecified atom stereocenters. The highest BCUT2D eigenvalue weighted by molar-refractivity contribution is 6.33. The molecule has 6 nitrogen and oxygen atoms in total. The van der Waals surface area contributed by atoms with E-state index in [0.717, 1.165) is 6.07 Å². The summed E-state index contributed by atoms with van der Waals surface area (Å²) in [5.41, 5.74) is -0.0707. The van der Waals surface area contributed by atoms with Crippen LogP contribution in [0.1, 0.15) is 17.9 Å². The molecule has 0 atom stereocenters. The predicted octanol–water partition coefficient (Wildman–Crippen LogP) is 5.42. The second-order valence-corrected chi connectivity index (χ2v) is 7.88. The van der Waals surface area contributed by atoms with Crippen LogP contribution in [0, 0.1) is 0 Å². The Morgan fingerprint density at radius 3 is 2.64 bits per heavy atom. The highest BCUT2D eigenvalue weighted by atomic mass is 35.5. The van der Waals surface area contributed by atoms with Crippen LogP contribution >= 0.6 is 11.6 Å². The molecule has 10 heteroatoms. The van der Waals surface area contributed by atoms with Crippen molar-refractivity contribution in [3.63, 3.8) is 0 Å². The number of ether oxygens (including phenoxy) is 1. The van der Waals surface area contributed by atoms with Crippen molar-refractivity contribution in [2.75, 3.05) is 36.5 Å². The Morgan fingerprint density at radius 1 is 1.15 bits per heavy atom. The number of morpholine rings is 1. The first kappa shape index (κ1) is 23.1. The predicted molar refractivity (Wildman–Crippen MR) is 118 cm³/mol. The average Bonchev–Trinajstić information content (AvgIpc) is 3.27. The molecule has 3 aromatic rings. The van der Waals surface area contributed by atoms with E-state index in [2.05, 4.69) is 10.3 Å². The quantitative estimate of drug-likeness (QED) is 0.511. The molecule has 0 saturated carbocycles. The summed E-state index contributed by atoms with van der Waals surface area (Å²) in [5, 5.41) is 2.87. The van der Waals surface area contributed by atoms with E-state index in [1.807, 2.05) is 4.90 Å². The Kier molecular flexibility index (Phi) is 6.90. The van der Waals surface area contributed by atoms with Crippen LogP contribution in [-0.4, -0.2) is 37.2 Å². The van der Waals surface area contributed by atoms with E-state index >= 15 is 0 Å². The molecule has 0 bridgehead atoms. The first-order valence-electron chi connectivity index (χ1n) is 10.3. The summed E-state index contributed by atoms with van der Waals surface area (Å²) in [6, 6.07) is 11.0. The molecule has 2 aromatic carbocycles. The molecule has 174 valence electrons. The van der Waals surface area contributed by atoms with Gasteiger partial charge in [0, 0.05) is 37.2 Å². The minimum Gasteiger partial charge on any atom is -0.441 e. The standard InChI is InChI=1S/C23H21ClF3N3O3/c24-18-4-2-1-3-16(18)20-14-28-22(33-20)8-7-21(31)29-19-6-5-15(13-17(19)23(25,26)27)30-9-11-32-12-10-30/h1-6,13-14H,7-12H2,(H,29,31). The minimum absolute atomic E-state index is 0.0923. The number of carbonyl (C=O) groups excluding carboxylic acids is 1. The number of hydrogen-bond donors (Lipinski definition) is 1. The highest BCUT2D eigenvalue weighted by Crippen LogP contribution is 2.37. The Balaban J connectivity index is 1.42. The maximum atomic E-state index is 13.7. The lowest BCUT2D eigenvalue weighted by Gasteiger charge is -2.29. The zero-order chi connectivity index (χ0) is 23.4. The van der Waals surface area contributed by atoms with Crippen LogP contribution in [0.15, 0.2) is 53.1 Å². The van der Waals surface area contributed by atoms with Crippen LogP contribution < -0.4 is 10.2 Å². The molecule has 0 radical (unpaired) electrons. The second kappa shape index (κ2) is 9.84. The Bertz CT molecular complexity index is 1130. The number of nitrogens with zero attached hydrogens (tertiary/aromatic N) is 2. The van der Waals surface area contributed by atoms with E-state index in [0.29, 0.717) is 54.2 Å². The van der Waals surface area contributed by atoms with Gasteiger partial charge < -0.3 is 19.4 Å². The first-order valence-corrected chi connectivity index (χ1v) is 10.7. The molecule has 0 spiro atoms. The monoisotopic (exact) mass is 479 g/mol. The third-order valence-electron chi connectivity index (χ3n) is 5.22. The highest BCUT2D eigenvalue weighted by Gasteiger charge is 2.35. The van der Waals surface area contributed by atoms with Gasteiger partial charge in [-0.2, -0.15) is 13.2 Å². The van der Waals surface area contributed by atoms with Gasteiger partial charge in [0.25, 0.3) is 0 Å². The number of anilines is 2. The van der Waals surface area contributed by atoms with Crippen LogP contribution in [0.4, 0.5) is 24.5 Å². The van der Waals surface area contributed by atoms with Crippen molar-refractivity contribution >= 4 is 28.9 Å². The summed E-state index contributed by atoms with van der Waals surface area (Å²) in [6.07, 6.45) is -3.08. The molecule has 1 N–H and O–H groups in total. The van der Waals surface area contributed by atoms with Crippen LogP contribution in [0.3, 0.4) is 0 Å². The number of rotatable bonds is 6. The fraction of sp³-hybridized carbons (Fsp3) is 0.304. The molecule has 0 aliphatic carbocycles. The number of aromatic nitrogens is 1. The third-order valence-corrected chi connectivity index (χ3v) is 5.55. The summed E-state index contributed by atoms with van der Waals surface area (Å²) in [6.45, 7) is 1.93. The van der Waals surface area contributed by atoms with E-state index in [-0.39, 0.29) is 18.5 Å². The molecule has 1 aromatic heterocycles. The number of alkyl halides is 3. The van der Waals surface area contributed by atoms with Crippen LogP contribution in [0.2, 0.25) is 5.02 Å². The van der Waals surface area contributed by atoms with Crippen molar-refractivity contribution < 1.29 is 27.1 Å². The number of benzene rings is 2. The van der Waals surface area contributed by atoms with Crippen molar-refractivity contribution in [2.24, 2.45) is 0 Å². The topological polar surface area (TPSA) is 67.6 Å². The van der Waals surface area contributed by atoms with Gasteiger partial charge in [0.15, 0.2) is 11.7 Å². The minimum atomic E-state index is -4.61. The summed E-state index contributed by atoms with van der Waals surface area (Å²) in [4.78, 5) is 18.3. The lowest BCUT2D eigenvalue weighted by atomic mass is 10.1. The van der Waals surface area contributed by atoms with Crippen molar-refractivity contribution in [2.45, 2.75) is 19.0 Å². The Labute approximate surface area is 193 Å². The number of oxazole rings is 1. The lowest BCUT2D eigenvalue weighted by Crippen LogP contribution is -2.36. The van der Waals surface area contributed by atoms with Gasteiger partial charge in [0.2, 0.25) is 5.91 Å². The molecule has 1 saturated heterocycles. The van der Waals surface area contributed by atoms with Crippen molar-refractivity contribution in [1.82, 2.24) is 4.98 Å². The fourth-order valence-corrected chi connectivity index (χ4v) is 3.77. The number of nitrogens with one attached hydrogen (secondary N) is 1. The van der Waals surface area contributed by atoms with Crippen LogP contribution in [0.5, 0.6) is 0 Å². The van der Waals surface area contributed by atoms with E-state index in [9.17, 15) is 18.0 Å².